The molecule has 0 aromatic carbocycles. The maximum atomic E-state index is 4.51. The Morgan fingerprint density at radius 2 is 2.10 bits per heavy atom. The van der Waals surface area contributed by atoms with E-state index in [1.165, 1.54) is 31.2 Å². The molecule has 0 fully saturated rings. The van der Waals surface area contributed by atoms with Crippen LogP contribution in [-0.2, 0) is 0 Å². The summed E-state index contributed by atoms with van der Waals surface area (Å²) in [4.78, 5) is 4.51. The topological polar surface area (TPSA) is 42.2 Å². The van der Waals surface area contributed by atoms with E-state index in [0.717, 1.165) is 18.1 Å². The van der Waals surface area contributed by atoms with Gasteiger partial charge in [-0.3, -0.25) is 0 Å². The standard InChI is InChI=1S/C16H26N4/c1-5-6-7-9-16(3,4)12-17-15-18-14-11-13(2)8-10-20(14)19-15/h8,10-11H,5-7,9,12H2,1-4H3,(H,17,19). The molecule has 0 saturated heterocycles. The molecule has 0 aliphatic heterocycles. The molecule has 20 heavy (non-hydrogen) atoms. The van der Waals surface area contributed by atoms with Gasteiger partial charge in [-0.2, -0.15) is 4.98 Å². The van der Waals surface area contributed by atoms with Crippen LogP contribution >= 0.6 is 0 Å². The number of aryl methyl sites for hydroxylation is 1. The van der Waals surface area contributed by atoms with Crippen LogP contribution in [0, 0.1) is 12.3 Å². The van der Waals surface area contributed by atoms with Crippen molar-refractivity contribution in [2.45, 2.75) is 53.4 Å². The third-order valence-electron chi connectivity index (χ3n) is 3.68. The lowest BCUT2D eigenvalue weighted by Gasteiger charge is -2.24. The number of nitrogens with zero attached hydrogens (tertiary/aromatic N) is 3. The van der Waals surface area contributed by atoms with Gasteiger partial charge in [-0.1, -0.05) is 40.0 Å². The number of pyridine rings is 1. The third-order valence-corrected chi connectivity index (χ3v) is 3.68. The first-order valence-corrected chi connectivity index (χ1v) is 7.57. The van der Waals surface area contributed by atoms with Gasteiger partial charge >= 0.3 is 0 Å². The molecule has 4 nitrogen and oxygen atoms in total. The molecule has 0 aliphatic carbocycles. The number of fused-ring (bicyclic) bond motifs is 1. The third kappa shape index (κ3) is 3.95. The van der Waals surface area contributed by atoms with Crippen molar-refractivity contribution in [3.63, 3.8) is 0 Å². The molecule has 0 spiro atoms. The van der Waals surface area contributed by atoms with Crippen molar-refractivity contribution in [1.29, 1.82) is 0 Å². The number of hydrogen-bond donors (Lipinski definition) is 1. The van der Waals surface area contributed by atoms with E-state index in [1.807, 2.05) is 22.8 Å². The summed E-state index contributed by atoms with van der Waals surface area (Å²) in [5, 5.41) is 7.83. The Labute approximate surface area is 121 Å². The van der Waals surface area contributed by atoms with Gasteiger partial charge in [0.2, 0.25) is 5.95 Å². The Hall–Kier alpha value is -1.58. The summed E-state index contributed by atoms with van der Waals surface area (Å²) in [7, 11) is 0. The molecule has 110 valence electrons. The van der Waals surface area contributed by atoms with Crippen LogP contribution in [0.4, 0.5) is 5.95 Å². The van der Waals surface area contributed by atoms with Crippen LogP contribution in [0.15, 0.2) is 18.3 Å². The quantitative estimate of drug-likeness (QED) is 0.774. The molecule has 0 unspecified atom stereocenters. The summed E-state index contributed by atoms with van der Waals surface area (Å²) in [6.45, 7) is 9.82. The minimum atomic E-state index is 0.280. The summed E-state index contributed by atoms with van der Waals surface area (Å²) in [5.41, 5.74) is 2.38. The van der Waals surface area contributed by atoms with Crippen LogP contribution in [0.5, 0.6) is 0 Å². The van der Waals surface area contributed by atoms with Crippen molar-refractivity contribution in [3.8, 4) is 0 Å². The summed E-state index contributed by atoms with van der Waals surface area (Å²) in [6.07, 6.45) is 7.07. The molecular formula is C16H26N4. The molecule has 0 atom stereocenters. The first kappa shape index (κ1) is 14.8. The van der Waals surface area contributed by atoms with Gasteiger partial charge in [-0.05, 0) is 36.5 Å². The predicted molar refractivity (Wildman–Crippen MR) is 84.1 cm³/mol. The molecule has 0 saturated carbocycles. The molecule has 2 heterocycles. The molecule has 4 heteroatoms. The Balaban J connectivity index is 1.94. The highest BCUT2D eigenvalue weighted by Crippen LogP contribution is 2.24. The molecule has 0 amide bonds. The second-order valence-corrected chi connectivity index (χ2v) is 6.42. The highest BCUT2D eigenvalue weighted by Gasteiger charge is 2.17. The molecule has 0 bridgehead atoms. The predicted octanol–water partition coefficient (Wildman–Crippen LogP) is 4.06. The fraction of sp³-hybridized carbons (Fsp3) is 0.625. The highest BCUT2D eigenvalue weighted by molar-refractivity contribution is 5.45. The van der Waals surface area contributed by atoms with Gasteiger partial charge in [0.1, 0.15) is 0 Å². The van der Waals surface area contributed by atoms with Crippen molar-refractivity contribution < 1.29 is 0 Å². The zero-order valence-electron chi connectivity index (χ0n) is 13.1. The Bertz CT molecular complexity index is 557. The van der Waals surface area contributed by atoms with E-state index in [2.05, 4.69) is 43.1 Å². The van der Waals surface area contributed by atoms with Crippen LogP contribution in [0.25, 0.3) is 5.65 Å². The second kappa shape index (κ2) is 6.25. The Morgan fingerprint density at radius 1 is 1.30 bits per heavy atom. The van der Waals surface area contributed by atoms with Gasteiger partial charge < -0.3 is 5.32 Å². The molecule has 2 aromatic heterocycles. The maximum Gasteiger partial charge on any atom is 0.243 e. The van der Waals surface area contributed by atoms with Gasteiger partial charge in [-0.25, -0.2) is 4.52 Å². The zero-order chi connectivity index (χ0) is 14.6. The summed E-state index contributed by atoms with van der Waals surface area (Å²) >= 11 is 0. The van der Waals surface area contributed by atoms with Crippen molar-refractivity contribution in [3.05, 3.63) is 23.9 Å². The lowest BCUT2D eigenvalue weighted by Crippen LogP contribution is -2.23. The van der Waals surface area contributed by atoms with Crippen molar-refractivity contribution in [2.24, 2.45) is 5.41 Å². The molecule has 2 rings (SSSR count). The van der Waals surface area contributed by atoms with Crippen molar-refractivity contribution in [2.75, 3.05) is 11.9 Å². The highest BCUT2D eigenvalue weighted by atomic mass is 15.3. The van der Waals surface area contributed by atoms with Gasteiger partial charge in [0, 0.05) is 12.7 Å². The van der Waals surface area contributed by atoms with E-state index < -0.39 is 0 Å². The first-order chi connectivity index (χ1) is 9.50. The SMILES string of the molecule is CCCCCC(C)(C)CNc1nc2cc(C)ccn2n1. The van der Waals surface area contributed by atoms with Crippen LogP contribution in [0.3, 0.4) is 0 Å². The number of unbranched alkanes of at least 4 members (excludes halogenated alkanes) is 2. The molecule has 2 aromatic rings. The van der Waals surface area contributed by atoms with Crippen molar-refractivity contribution in [1.82, 2.24) is 14.6 Å². The largest absolute Gasteiger partial charge is 0.352 e. The van der Waals surface area contributed by atoms with E-state index in [9.17, 15) is 0 Å². The van der Waals surface area contributed by atoms with Crippen LogP contribution < -0.4 is 5.32 Å². The lowest BCUT2D eigenvalue weighted by molar-refractivity contribution is 0.342. The van der Waals surface area contributed by atoms with Crippen LogP contribution in [-0.4, -0.2) is 21.1 Å². The van der Waals surface area contributed by atoms with E-state index >= 15 is 0 Å². The minimum absolute atomic E-state index is 0.280. The fourth-order valence-electron chi connectivity index (χ4n) is 2.32. The smallest absolute Gasteiger partial charge is 0.243 e. The first-order valence-electron chi connectivity index (χ1n) is 7.57. The average Bonchev–Trinajstić information content (AvgIpc) is 2.79. The van der Waals surface area contributed by atoms with E-state index in [1.54, 1.807) is 0 Å². The van der Waals surface area contributed by atoms with Crippen molar-refractivity contribution >= 4 is 11.6 Å². The normalized spacial score (nSPS) is 12.0. The number of aromatic nitrogens is 3. The van der Waals surface area contributed by atoms with Gasteiger partial charge in [0.05, 0.1) is 0 Å². The van der Waals surface area contributed by atoms with Crippen LogP contribution in [0.2, 0.25) is 0 Å². The number of rotatable bonds is 7. The minimum Gasteiger partial charge on any atom is -0.352 e. The van der Waals surface area contributed by atoms with Gasteiger partial charge in [-0.15, -0.1) is 5.10 Å². The number of anilines is 1. The summed E-state index contributed by atoms with van der Waals surface area (Å²) in [5.74, 6) is 0.721. The fourth-order valence-corrected chi connectivity index (χ4v) is 2.32. The number of hydrogen-bond acceptors (Lipinski definition) is 3. The molecular weight excluding hydrogens is 248 g/mol. The zero-order valence-corrected chi connectivity index (χ0v) is 13.1. The summed E-state index contributed by atoms with van der Waals surface area (Å²) in [6, 6.07) is 4.09. The Morgan fingerprint density at radius 3 is 2.85 bits per heavy atom. The Kier molecular flexibility index (Phi) is 4.63. The average molecular weight is 274 g/mol. The molecule has 1 N–H and O–H groups in total. The summed E-state index contributed by atoms with van der Waals surface area (Å²) < 4.78 is 1.82. The van der Waals surface area contributed by atoms with Gasteiger partial charge in [0.25, 0.3) is 0 Å². The lowest BCUT2D eigenvalue weighted by atomic mass is 9.87. The van der Waals surface area contributed by atoms with Crippen LogP contribution in [0.1, 0.15) is 52.0 Å². The molecule has 0 radical (unpaired) electrons. The van der Waals surface area contributed by atoms with E-state index in [0.29, 0.717) is 0 Å². The van der Waals surface area contributed by atoms with E-state index in [4.69, 9.17) is 0 Å². The monoisotopic (exact) mass is 274 g/mol. The molecule has 0 aliphatic rings. The second-order valence-electron chi connectivity index (χ2n) is 6.42. The van der Waals surface area contributed by atoms with Gasteiger partial charge in [0.15, 0.2) is 5.65 Å². The van der Waals surface area contributed by atoms with E-state index in [-0.39, 0.29) is 5.41 Å². The maximum absolute atomic E-state index is 4.51. The number of nitrogens with one attached hydrogen (secondary N) is 1.